The number of unbranched alkanes of at least 4 members (excludes halogenated alkanes) is 18. The molecule has 0 saturated carbocycles. The van der Waals surface area contributed by atoms with Crippen molar-refractivity contribution >= 4 is 5.84 Å². The molecule has 2 nitrogen and oxygen atoms in total. The van der Waals surface area contributed by atoms with Crippen LogP contribution < -0.4 is 12.4 Å². The Labute approximate surface area is 203 Å². The van der Waals surface area contributed by atoms with Gasteiger partial charge in [0.05, 0.1) is 13.1 Å². The van der Waals surface area contributed by atoms with E-state index in [0.717, 1.165) is 0 Å². The van der Waals surface area contributed by atoms with Gasteiger partial charge in [0.15, 0.2) is 0 Å². The van der Waals surface area contributed by atoms with Crippen LogP contribution in [0.3, 0.4) is 0 Å². The molecule has 186 valence electrons. The average Bonchev–Trinajstić information content (AvgIpc) is 3.10. The Balaban J connectivity index is 0.00000900. The molecule has 0 aromatic heterocycles. The van der Waals surface area contributed by atoms with E-state index in [4.69, 9.17) is 0 Å². The minimum atomic E-state index is 0. The Kier molecular flexibility index (Phi) is 22.8. The lowest BCUT2D eigenvalue weighted by molar-refractivity contribution is -0.519. The second-order valence-corrected chi connectivity index (χ2v) is 9.89. The van der Waals surface area contributed by atoms with Crippen LogP contribution in [0.5, 0.6) is 0 Å². The van der Waals surface area contributed by atoms with Crippen molar-refractivity contribution in [3.8, 4) is 0 Å². The maximum Gasteiger partial charge on any atom is 0.243 e. The molecule has 0 amide bonds. The molecular weight excluding hydrogens is 400 g/mol. The van der Waals surface area contributed by atoms with Crippen molar-refractivity contribution in [1.29, 1.82) is 0 Å². The molecule has 0 atom stereocenters. The largest absolute Gasteiger partial charge is 1.00 e. The van der Waals surface area contributed by atoms with Crippen LogP contribution in [0.1, 0.15) is 149 Å². The summed E-state index contributed by atoms with van der Waals surface area (Å²) >= 11 is 0. The molecule has 0 spiro atoms. The van der Waals surface area contributed by atoms with Crippen LogP contribution in [0, 0.1) is 0 Å². The van der Waals surface area contributed by atoms with E-state index in [1.165, 1.54) is 155 Å². The zero-order valence-electron chi connectivity index (χ0n) is 21.7. The second-order valence-electron chi connectivity index (χ2n) is 9.89. The van der Waals surface area contributed by atoms with Crippen molar-refractivity contribution in [3.05, 3.63) is 0 Å². The van der Waals surface area contributed by atoms with Gasteiger partial charge in [-0.15, -0.1) is 0 Å². The van der Waals surface area contributed by atoms with Crippen LogP contribution in [-0.4, -0.2) is 41.5 Å². The Morgan fingerprint density at radius 2 is 0.968 bits per heavy atom. The summed E-state index contributed by atoms with van der Waals surface area (Å²) in [6, 6.07) is 0. The third kappa shape index (κ3) is 17.0. The lowest BCUT2D eigenvalue weighted by Crippen LogP contribution is -3.00. The molecule has 0 fully saturated rings. The summed E-state index contributed by atoms with van der Waals surface area (Å²) in [6.45, 7) is 12.1. The maximum atomic E-state index is 2.65. The highest BCUT2D eigenvalue weighted by Crippen LogP contribution is 2.13. The van der Waals surface area contributed by atoms with E-state index in [1.54, 1.807) is 5.84 Å². The zero-order valence-corrected chi connectivity index (χ0v) is 22.5. The number of hydrogen-bond acceptors (Lipinski definition) is 1. The van der Waals surface area contributed by atoms with Crippen molar-refractivity contribution in [3.63, 3.8) is 0 Å². The van der Waals surface area contributed by atoms with Crippen molar-refractivity contribution < 1.29 is 17.0 Å². The predicted octanol–water partition coefficient (Wildman–Crippen LogP) is 5.58. The Morgan fingerprint density at radius 3 is 1.42 bits per heavy atom. The van der Waals surface area contributed by atoms with Gasteiger partial charge in [-0.05, 0) is 25.7 Å². The smallest absolute Gasteiger partial charge is 0.243 e. The average molecular weight is 457 g/mol. The summed E-state index contributed by atoms with van der Waals surface area (Å²) in [4.78, 5) is 2.65. The lowest BCUT2D eigenvalue weighted by Gasteiger charge is -2.11. The Hall–Kier alpha value is -0.240. The van der Waals surface area contributed by atoms with Gasteiger partial charge in [0.25, 0.3) is 0 Å². The summed E-state index contributed by atoms with van der Waals surface area (Å²) in [5.74, 6) is 1.56. The first-order chi connectivity index (χ1) is 14.8. The standard InChI is InChI=1S/C28H57N2.ClH/c1-4-6-8-10-12-14-16-18-20-22-24-29-26-27-30(28(29)3)25-23-21-19-17-15-13-11-9-7-5-2;/h4-27H2,1-3H3;1H/q+1;/p-1. The highest BCUT2D eigenvalue weighted by atomic mass is 35.5. The fourth-order valence-corrected chi connectivity index (χ4v) is 4.89. The quantitative estimate of drug-likeness (QED) is 0.152. The molecule has 1 aliphatic heterocycles. The number of nitrogens with zero attached hydrogens (tertiary/aromatic N) is 2. The molecule has 0 bridgehead atoms. The third-order valence-corrected chi connectivity index (χ3v) is 7.12. The topological polar surface area (TPSA) is 6.25 Å². The molecule has 0 aromatic carbocycles. The third-order valence-electron chi connectivity index (χ3n) is 7.12. The summed E-state index contributed by atoms with van der Waals surface area (Å²) in [5, 5.41) is 0. The summed E-state index contributed by atoms with van der Waals surface area (Å²) in [7, 11) is 0. The van der Waals surface area contributed by atoms with Crippen LogP contribution in [0.15, 0.2) is 0 Å². The van der Waals surface area contributed by atoms with Crippen LogP contribution in [-0.2, 0) is 0 Å². The van der Waals surface area contributed by atoms with E-state index < -0.39 is 0 Å². The van der Waals surface area contributed by atoms with Crippen molar-refractivity contribution in [1.82, 2.24) is 4.90 Å². The van der Waals surface area contributed by atoms with Crippen LogP contribution in [0.2, 0.25) is 0 Å². The maximum absolute atomic E-state index is 2.65. The zero-order chi connectivity index (χ0) is 21.7. The van der Waals surface area contributed by atoms with Gasteiger partial charge < -0.3 is 12.4 Å². The summed E-state index contributed by atoms with van der Waals surface area (Å²) in [5.41, 5.74) is 0. The second kappa shape index (κ2) is 22.9. The van der Waals surface area contributed by atoms with Gasteiger partial charge in [-0.25, -0.2) is 0 Å². The first-order valence-corrected chi connectivity index (χ1v) is 14.1. The van der Waals surface area contributed by atoms with Gasteiger partial charge >= 0.3 is 0 Å². The van der Waals surface area contributed by atoms with Gasteiger partial charge in [-0.1, -0.05) is 117 Å². The molecule has 31 heavy (non-hydrogen) atoms. The number of halogens is 1. The minimum Gasteiger partial charge on any atom is -1.00 e. The van der Waals surface area contributed by atoms with E-state index in [0.29, 0.717) is 0 Å². The molecule has 0 unspecified atom stereocenters. The van der Waals surface area contributed by atoms with Crippen molar-refractivity contribution in [2.75, 3.05) is 26.2 Å². The number of hydrogen-bond donors (Lipinski definition) is 0. The van der Waals surface area contributed by atoms with Gasteiger partial charge in [0, 0.05) is 6.92 Å². The highest BCUT2D eigenvalue weighted by molar-refractivity contribution is 5.75. The van der Waals surface area contributed by atoms with E-state index in [9.17, 15) is 0 Å². The van der Waals surface area contributed by atoms with Crippen molar-refractivity contribution in [2.45, 2.75) is 149 Å². The molecule has 3 heteroatoms. The van der Waals surface area contributed by atoms with E-state index in [-0.39, 0.29) is 12.4 Å². The van der Waals surface area contributed by atoms with Crippen molar-refractivity contribution in [2.24, 2.45) is 0 Å². The molecule has 1 heterocycles. The molecule has 0 aliphatic carbocycles. The van der Waals surface area contributed by atoms with Gasteiger partial charge in [-0.2, -0.15) is 0 Å². The molecule has 0 radical (unpaired) electrons. The molecule has 0 N–H and O–H groups in total. The molecule has 1 aliphatic rings. The molecule has 0 saturated heterocycles. The van der Waals surface area contributed by atoms with Crippen LogP contribution in [0.4, 0.5) is 0 Å². The minimum absolute atomic E-state index is 0. The fraction of sp³-hybridized carbons (Fsp3) is 0.964. The lowest BCUT2D eigenvalue weighted by atomic mass is 10.1. The SMILES string of the molecule is CCCCCCCCCCCCN1CC[N+](CCCCCCCCCCCC)=C1C.[Cl-]. The Bertz CT molecular complexity index is 408. The number of rotatable bonds is 22. The van der Waals surface area contributed by atoms with E-state index in [2.05, 4.69) is 30.2 Å². The number of amidine groups is 1. The summed E-state index contributed by atoms with van der Waals surface area (Å²) in [6.07, 6.45) is 28.7. The normalized spacial score (nSPS) is 13.8. The van der Waals surface area contributed by atoms with E-state index in [1.807, 2.05) is 0 Å². The van der Waals surface area contributed by atoms with Gasteiger partial charge in [-0.3, -0.25) is 9.48 Å². The van der Waals surface area contributed by atoms with Gasteiger partial charge in [0.2, 0.25) is 5.84 Å². The molecular formula is C28H57ClN2. The first-order valence-electron chi connectivity index (χ1n) is 14.1. The predicted molar refractivity (Wildman–Crippen MR) is 136 cm³/mol. The van der Waals surface area contributed by atoms with E-state index >= 15 is 0 Å². The molecule has 1 rings (SSSR count). The monoisotopic (exact) mass is 456 g/mol. The summed E-state index contributed by atoms with van der Waals surface area (Å²) < 4.78 is 2.65. The Morgan fingerprint density at radius 1 is 0.581 bits per heavy atom. The van der Waals surface area contributed by atoms with Crippen LogP contribution in [0.25, 0.3) is 0 Å². The molecule has 0 aromatic rings. The van der Waals surface area contributed by atoms with Crippen LogP contribution >= 0.6 is 0 Å². The first kappa shape index (κ1) is 30.8. The fourth-order valence-electron chi connectivity index (χ4n) is 4.89. The highest BCUT2D eigenvalue weighted by Gasteiger charge is 2.25. The van der Waals surface area contributed by atoms with Gasteiger partial charge in [0.1, 0.15) is 13.1 Å².